The summed E-state index contributed by atoms with van der Waals surface area (Å²) in [4.78, 5) is 0. The van der Waals surface area contributed by atoms with Crippen LogP contribution in [0.1, 0.15) is 19.4 Å². The van der Waals surface area contributed by atoms with E-state index in [4.69, 9.17) is 26.4 Å². The number of anilines is 1. The van der Waals surface area contributed by atoms with Gasteiger partial charge in [-0.3, -0.25) is 0 Å². The zero-order chi connectivity index (χ0) is 19.5. The van der Waals surface area contributed by atoms with Gasteiger partial charge >= 0.3 is 0 Å². The van der Waals surface area contributed by atoms with Crippen LogP contribution in [0.2, 0.25) is 0 Å². The lowest BCUT2D eigenvalue weighted by Crippen LogP contribution is -2.27. The maximum Gasteiger partial charge on any atom is 0.171 e. The fourth-order valence-corrected chi connectivity index (χ4v) is 2.54. The molecule has 0 unspecified atom stereocenters. The van der Waals surface area contributed by atoms with E-state index in [0.717, 1.165) is 28.5 Å². The molecular weight excluding hydrogens is 360 g/mol. The molecular formula is C21H26N2O3S. The molecule has 0 saturated heterocycles. The molecule has 0 spiro atoms. The summed E-state index contributed by atoms with van der Waals surface area (Å²) in [6.45, 7) is 9.79. The van der Waals surface area contributed by atoms with Crippen molar-refractivity contribution < 1.29 is 14.2 Å². The van der Waals surface area contributed by atoms with Gasteiger partial charge in [-0.25, -0.2) is 0 Å². The number of hydrogen-bond donors (Lipinski definition) is 2. The summed E-state index contributed by atoms with van der Waals surface area (Å²) in [7, 11) is 0. The molecule has 2 aromatic carbocycles. The molecule has 0 fully saturated rings. The number of benzene rings is 2. The van der Waals surface area contributed by atoms with E-state index in [9.17, 15) is 0 Å². The minimum absolute atomic E-state index is 0.485. The molecule has 0 radical (unpaired) electrons. The molecule has 0 aliphatic heterocycles. The van der Waals surface area contributed by atoms with Crippen molar-refractivity contribution in [2.75, 3.05) is 25.1 Å². The summed E-state index contributed by atoms with van der Waals surface area (Å²) in [5, 5.41) is 6.90. The van der Waals surface area contributed by atoms with Crippen LogP contribution in [0.25, 0.3) is 0 Å². The van der Waals surface area contributed by atoms with Crippen molar-refractivity contribution in [3.05, 3.63) is 60.7 Å². The Hall–Kier alpha value is -2.73. The van der Waals surface area contributed by atoms with Gasteiger partial charge in [0.1, 0.15) is 12.4 Å². The third kappa shape index (κ3) is 6.83. The summed E-state index contributed by atoms with van der Waals surface area (Å²) < 4.78 is 16.7. The smallest absolute Gasteiger partial charge is 0.171 e. The highest BCUT2D eigenvalue weighted by Gasteiger charge is 2.07. The second-order valence-electron chi connectivity index (χ2n) is 5.58. The Labute approximate surface area is 166 Å². The number of ether oxygens (including phenoxy) is 3. The fraction of sp³-hybridized carbons (Fsp3) is 0.286. The lowest BCUT2D eigenvalue weighted by atomic mass is 10.2. The van der Waals surface area contributed by atoms with Crippen LogP contribution in [0.5, 0.6) is 17.2 Å². The topological polar surface area (TPSA) is 51.8 Å². The standard InChI is InChI=1S/C21H26N2O3S/c1-4-13-26-18-10-8-17(9-11-18)23-21(27)22-15-16-7-12-19(24-5-2)20(14-16)25-6-3/h4,7-12,14H,1,5-6,13,15H2,2-3H3,(H2,22,23,27). The maximum atomic E-state index is 5.65. The third-order valence-electron chi connectivity index (χ3n) is 3.54. The first-order chi connectivity index (χ1) is 13.2. The molecule has 2 rings (SSSR count). The molecule has 0 bridgehead atoms. The van der Waals surface area contributed by atoms with Crippen LogP contribution >= 0.6 is 12.2 Å². The highest BCUT2D eigenvalue weighted by atomic mass is 32.1. The van der Waals surface area contributed by atoms with E-state index >= 15 is 0 Å². The SMILES string of the molecule is C=CCOc1ccc(NC(=S)NCc2ccc(OCC)c(OCC)c2)cc1. The zero-order valence-electron chi connectivity index (χ0n) is 15.8. The van der Waals surface area contributed by atoms with Crippen molar-refractivity contribution in [2.24, 2.45) is 0 Å². The van der Waals surface area contributed by atoms with Crippen molar-refractivity contribution in [3.63, 3.8) is 0 Å². The summed E-state index contributed by atoms with van der Waals surface area (Å²) in [6, 6.07) is 13.5. The maximum absolute atomic E-state index is 5.65. The van der Waals surface area contributed by atoms with Gasteiger partial charge in [0.05, 0.1) is 13.2 Å². The molecule has 0 amide bonds. The normalized spacial score (nSPS) is 10.0. The summed E-state index contributed by atoms with van der Waals surface area (Å²) in [6.07, 6.45) is 1.71. The van der Waals surface area contributed by atoms with E-state index < -0.39 is 0 Å². The average Bonchev–Trinajstić information content (AvgIpc) is 2.68. The highest BCUT2D eigenvalue weighted by molar-refractivity contribution is 7.80. The van der Waals surface area contributed by atoms with E-state index in [1.807, 2.05) is 56.3 Å². The molecule has 0 aromatic heterocycles. The Balaban J connectivity index is 1.89. The van der Waals surface area contributed by atoms with E-state index in [2.05, 4.69) is 17.2 Å². The first-order valence-corrected chi connectivity index (χ1v) is 9.34. The van der Waals surface area contributed by atoms with Crippen LogP contribution in [-0.2, 0) is 6.54 Å². The number of nitrogens with one attached hydrogen (secondary N) is 2. The molecule has 0 saturated carbocycles. The molecule has 2 N–H and O–H groups in total. The average molecular weight is 387 g/mol. The number of hydrogen-bond acceptors (Lipinski definition) is 4. The zero-order valence-corrected chi connectivity index (χ0v) is 16.6. The van der Waals surface area contributed by atoms with E-state index in [1.54, 1.807) is 6.08 Å². The highest BCUT2D eigenvalue weighted by Crippen LogP contribution is 2.28. The van der Waals surface area contributed by atoms with Crippen molar-refractivity contribution in [2.45, 2.75) is 20.4 Å². The van der Waals surface area contributed by atoms with Crippen molar-refractivity contribution in [1.82, 2.24) is 5.32 Å². The van der Waals surface area contributed by atoms with E-state index in [1.165, 1.54) is 0 Å². The summed E-state index contributed by atoms with van der Waals surface area (Å²) in [5.41, 5.74) is 1.94. The van der Waals surface area contributed by atoms with Crippen LogP contribution in [0.15, 0.2) is 55.1 Å². The Kier molecular flexibility index (Phi) is 8.45. The van der Waals surface area contributed by atoms with Crippen LogP contribution in [-0.4, -0.2) is 24.9 Å². The quantitative estimate of drug-likeness (QED) is 0.462. The second kappa shape index (κ2) is 11.1. The van der Waals surface area contributed by atoms with Gasteiger partial charge < -0.3 is 24.8 Å². The molecule has 5 nitrogen and oxygen atoms in total. The van der Waals surface area contributed by atoms with Gasteiger partial charge in [-0.05, 0) is 68.0 Å². The largest absolute Gasteiger partial charge is 0.490 e. The molecule has 0 heterocycles. The van der Waals surface area contributed by atoms with Gasteiger partial charge in [-0.2, -0.15) is 0 Å². The molecule has 0 atom stereocenters. The van der Waals surface area contributed by atoms with Gasteiger partial charge in [0.2, 0.25) is 0 Å². The van der Waals surface area contributed by atoms with Gasteiger partial charge in [0, 0.05) is 12.2 Å². The van der Waals surface area contributed by atoms with Gasteiger partial charge in [0.25, 0.3) is 0 Å². The van der Waals surface area contributed by atoms with Crippen LogP contribution < -0.4 is 24.8 Å². The van der Waals surface area contributed by atoms with Crippen molar-refractivity contribution >= 4 is 23.0 Å². The van der Waals surface area contributed by atoms with Crippen molar-refractivity contribution in [3.8, 4) is 17.2 Å². The summed E-state index contributed by atoms with van der Waals surface area (Å²) in [5.74, 6) is 2.28. The Morgan fingerprint density at radius 1 is 1.00 bits per heavy atom. The first-order valence-electron chi connectivity index (χ1n) is 8.93. The summed E-state index contributed by atoms with van der Waals surface area (Å²) >= 11 is 5.37. The molecule has 0 aliphatic rings. The number of rotatable bonds is 10. The van der Waals surface area contributed by atoms with E-state index in [-0.39, 0.29) is 0 Å². The molecule has 2 aromatic rings. The first kappa shape index (κ1) is 20.6. The van der Waals surface area contributed by atoms with Crippen molar-refractivity contribution in [1.29, 1.82) is 0 Å². The molecule has 0 aliphatic carbocycles. The predicted octanol–water partition coefficient (Wildman–Crippen LogP) is 4.54. The second-order valence-corrected chi connectivity index (χ2v) is 5.99. The Morgan fingerprint density at radius 2 is 1.70 bits per heavy atom. The lowest BCUT2D eigenvalue weighted by Gasteiger charge is -2.14. The molecule has 27 heavy (non-hydrogen) atoms. The number of thiocarbonyl (C=S) groups is 1. The lowest BCUT2D eigenvalue weighted by molar-refractivity contribution is 0.287. The Bertz CT molecular complexity index is 748. The van der Waals surface area contributed by atoms with Crippen LogP contribution in [0, 0.1) is 0 Å². The fourth-order valence-electron chi connectivity index (χ4n) is 2.35. The van der Waals surface area contributed by atoms with Gasteiger partial charge in [0.15, 0.2) is 16.6 Å². The van der Waals surface area contributed by atoms with E-state index in [0.29, 0.717) is 31.5 Å². The minimum Gasteiger partial charge on any atom is -0.490 e. The van der Waals surface area contributed by atoms with Gasteiger partial charge in [-0.15, -0.1) is 0 Å². The van der Waals surface area contributed by atoms with Crippen LogP contribution in [0.4, 0.5) is 5.69 Å². The molecule has 144 valence electrons. The molecule has 6 heteroatoms. The minimum atomic E-state index is 0.485. The third-order valence-corrected chi connectivity index (χ3v) is 3.79. The van der Waals surface area contributed by atoms with Crippen LogP contribution in [0.3, 0.4) is 0 Å². The monoisotopic (exact) mass is 386 g/mol. The van der Waals surface area contributed by atoms with Gasteiger partial charge in [-0.1, -0.05) is 18.7 Å². The predicted molar refractivity (Wildman–Crippen MR) is 114 cm³/mol. The Morgan fingerprint density at radius 3 is 2.37 bits per heavy atom.